The molecule has 1 aliphatic heterocycles. The van der Waals surface area contributed by atoms with Gasteiger partial charge < -0.3 is 0 Å². The number of nitrogens with zero attached hydrogens (tertiary/aromatic N) is 3. The number of halogens is 3. The third kappa shape index (κ3) is 14.2. The van der Waals surface area contributed by atoms with E-state index in [-0.39, 0.29) is 5.56 Å². The number of thioether (sulfide) groups is 1. The lowest BCUT2D eigenvalue weighted by atomic mass is 9.80. The molecule has 1 aromatic carbocycles. The van der Waals surface area contributed by atoms with Gasteiger partial charge in [0.2, 0.25) is 0 Å². The molecule has 3 unspecified atom stereocenters. The predicted molar refractivity (Wildman–Crippen MR) is 260 cm³/mol. The van der Waals surface area contributed by atoms with Crippen LogP contribution in [0.1, 0.15) is 205 Å². The molecular weight excluding hydrogens is 857 g/mol. The smallest absolute Gasteiger partial charge is 0.170 e. The summed E-state index contributed by atoms with van der Waals surface area (Å²) in [5.74, 6) is -0.655. The van der Waals surface area contributed by atoms with E-state index in [4.69, 9.17) is 10.2 Å². The van der Waals surface area contributed by atoms with Crippen LogP contribution in [0.5, 0.6) is 0 Å². The van der Waals surface area contributed by atoms with Crippen molar-refractivity contribution >= 4 is 66.3 Å². The van der Waals surface area contributed by atoms with Crippen LogP contribution in [0.15, 0.2) is 39.5 Å². The fourth-order valence-corrected chi connectivity index (χ4v) is 13.2. The Hall–Kier alpha value is -1.55. The topological polar surface area (TPSA) is 30.7 Å². The summed E-state index contributed by atoms with van der Waals surface area (Å²) in [6.07, 6.45) is 33.3. The maximum atomic E-state index is 17.6. The minimum Gasteiger partial charge on any atom is -0.203 e. The number of hydrogen-bond acceptors (Lipinski definition) is 5. The quantitative estimate of drug-likeness (QED) is 0.0471. The zero-order valence-corrected chi connectivity index (χ0v) is 40.9. The van der Waals surface area contributed by atoms with Gasteiger partial charge in [0.05, 0.1) is 20.6 Å². The van der Waals surface area contributed by atoms with Gasteiger partial charge in [-0.2, -0.15) is 15.0 Å². The van der Waals surface area contributed by atoms with Crippen molar-refractivity contribution in [3.05, 3.63) is 61.6 Å². The Morgan fingerprint density at radius 2 is 1.20 bits per heavy atom. The van der Waals surface area contributed by atoms with Gasteiger partial charge in [0.25, 0.3) is 0 Å². The zero-order valence-electron chi connectivity index (χ0n) is 36.9. The molecule has 1 aliphatic rings. The molecular formula is C50H74BrF2N3S3. The molecule has 4 heterocycles. The summed E-state index contributed by atoms with van der Waals surface area (Å²) in [6.45, 7) is 9.77. The highest BCUT2D eigenvalue weighted by Gasteiger charge is 2.45. The second-order valence-corrected chi connectivity index (χ2v) is 22.4. The van der Waals surface area contributed by atoms with Crippen molar-refractivity contribution in [1.29, 1.82) is 0 Å². The Morgan fingerprint density at radius 1 is 0.661 bits per heavy atom. The Morgan fingerprint density at radius 3 is 1.75 bits per heavy atom. The van der Waals surface area contributed by atoms with Crippen LogP contribution < -0.4 is 0 Å². The van der Waals surface area contributed by atoms with Crippen molar-refractivity contribution in [3.63, 3.8) is 0 Å². The average Bonchev–Trinajstić information content (AvgIpc) is 4.07. The van der Waals surface area contributed by atoms with Crippen LogP contribution in [-0.4, -0.2) is 15.0 Å². The largest absolute Gasteiger partial charge is 0.203 e. The van der Waals surface area contributed by atoms with Crippen molar-refractivity contribution in [1.82, 2.24) is 15.0 Å². The first-order chi connectivity index (χ1) is 28.8. The van der Waals surface area contributed by atoms with E-state index in [1.165, 1.54) is 150 Å². The molecule has 0 N–H and O–H groups in total. The fraction of sp³-hybridized carbons (Fsp3) is 0.680. The van der Waals surface area contributed by atoms with Crippen LogP contribution in [-0.2, 0) is 11.3 Å². The first-order valence-electron chi connectivity index (χ1n) is 23.8. The standard InChI is InChI=1S/C50H74BrF2N3S3/c1-5-9-13-17-19-23-27-38(26-21-15-11-7-3)36-50(34-33-41(59-50)40-30-25-35-57-40)45-47(53)46(52)44(42-31-32-43(51)58-42)48-49(45)55-56(54-48)37-39(28-22-16-12-8-4)29-24-20-18-14-10-6-2/h25,30-33,35,38-39H,5-24,26-29,34,36-37H2,1-4H3. The second-order valence-electron chi connectivity index (χ2n) is 17.5. The van der Waals surface area contributed by atoms with E-state index in [0.717, 1.165) is 35.9 Å². The summed E-state index contributed by atoms with van der Waals surface area (Å²) in [7, 11) is 0. The first-order valence-corrected chi connectivity index (χ1v) is 27.1. The van der Waals surface area contributed by atoms with E-state index in [2.05, 4.69) is 67.2 Å². The highest BCUT2D eigenvalue weighted by molar-refractivity contribution is 9.11. The molecule has 4 aromatic rings. The first kappa shape index (κ1) is 48.5. The van der Waals surface area contributed by atoms with Crippen LogP contribution in [0.3, 0.4) is 0 Å². The van der Waals surface area contributed by atoms with Crippen molar-refractivity contribution in [2.75, 3.05) is 0 Å². The van der Waals surface area contributed by atoms with Crippen molar-refractivity contribution in [2.45, 2.75) is 206 Å². The van der Waals surface area contributed by atoms with E-state index in [9.17, 15) is 0 Å². The molecule has 0 amide bonds. The molecule has 59 heavy (non-hydrogen) atoms. The summed E-state index contributed by atoms with van der Waals surface area (Å²) >= 11 is 8.54. The van der Waals surface area contributed by atoms with Gasteiger partial charge in [0.1, 0.15) is 11.0 Å². The van der Waals surface area contributed by atoms with Gasteiger partial charge >= 0.3 is 0 Å². The fourth-order valence-electron chi connectivity index (χ4n) is 9.30. The Kier molecular flexibility index (Phi) is 21.5. The van der Waals surface area contributed by atoms with E-state index in [0.29, 0.717) is 46.3 Å². The van der Waals surface area contributed by atoms with Crippen LogP contribution in [0, 0.1) is 23.5 Å². The van der Waals surface area contributed by atoms with Crippen molar-refractivity contribution in [2.24, 2.45) is 11.8 Å². The van der Waals surface area contributed by atoms with E-state index < -0.39 is 16.4 Å². The molecule has 0 spiro atoms. The SMILES string of the molecule is CCCCCCCCC(CCCCCC)Cn1nc2c(-c3ccc(Br)s3)c(F)c(F)c(C3(CC(CCCCCC)CCCCCCCC)CC=C(c4cccs4)S3)c2n1. The van der Waals surface area contributed by atoms with Gasteiger partial charge in [-0.05, 0) is 77.0 Å². The van der Waals surface area contributed by atoms with Crippen LogP contribution >= 0.6 is 50.4 Å². The minimum absolute atomic E-state index is 0.256. The van der Waals surface area contributed by atoms with Gasteiger partial charge in [-0.1, -0.05) is 181 Å². The van der Waals surface area contributed by atoms with Crippen molar-refractivity contribution in [3.8, 4) is 10.4 Å². The molecule has 5 rings (SSSR count). The third-order valence-electron chi connectivity index (χ3n) is 12.6. The molecule has 0 fully saturated rings. The molecule has 0 radical (unpaired) electrons. The van der Waals surface area contributed by atoms with Crippen LogP contribution in [0.4, 0.5) is 8.78 Å². The van der Waals surface area contributed by atoms with Gasteiger partial charge in [0, 0.05) is 20.2 Å². The average molecular weight is 931 g/mol. The van der Waals surface area contributed by atoms with Gasteiger partial charge in [0.15, 0.2) is 11.6 Å². The van der Waals surface area contributed by atoms with E-state index in [1.54, 1.807) is 23.1 Å². The normalized spacial score (nSPS) is 16.7. The number of fused-ring (bicyclic) bond motifs is 1. The number of benzene rings is 1. The van der Waals surface area contributed by atoms with E-state index >= 15 is 8.78 Å². The number of allylic oxidation sites excluding steroid dienone is 1. The summed E-state index contributed by atoms with van der Waals surface area (Å²) in [6, 6.07) is 8.08. The maximum absolute atomic E-state index is 17.6. The van der Waals surface area contributed by atoms with Crippen molar-refractivity contribution < 1.29 is 8.78 Å². The van der Waals surface area contributed by atoms with Gasteiger partial charge in [-0.15, -0.1) is 34.4 Å². The zero-order chi connectivity index (χ0) is 41.9. The van der Waals surface area contributed by atoms with Crippen LogP contribution in [0.25, 0.3) is 26.4 Å². The molecule has 0 saturated carbocycles. The minimum atomic E-state index is -0.780. The molecule has 0 aliphatic carbocycles. The number of rotatable bonds is 31. The second kappa shape index (κ2) is 26.2. The number of unbranched alkanes of at least 4 members (excludes halogenated alkanes) is 16. The highest BCUT2D eigenvalue weighted by Crippen LogP contribution is 2.60. The number of aromatic nitrogens is 3. The molecule has 0 saturated heterocycles. The Balaban J connectivity index is 1.56. The van der Waals surface area contributed by atoms with Crippen LogP contribution in [0.2, 0.25) is 0 Å². The number of thiophene rings is 2. The lowest BCUT2D eigenvalue weighted by Crippen LogP contribution is -2.26. The Labute approximate surface area is 377 Å². The van der Waals surface area contributed by atoms with Gasteiger partial charge in [-0.25, -0.2) is 8.78 Å². The summed E-state index contributed by atoms with van der Waals surface area (Å²) < 4.78 is 35.0. The predicted octanol–water partition coefficient (Wildman–Crippen LogP) is 18.7. The summed E-state index contributed by atoms with van der Waals surface area (Å²) in [5, 5.41) is 12.6. The lowest BCUT2D eigenvalue weighted by molar-refractivity contribution is 0.326. The Bertz CT molecular complexity index is 1820. The number of hydrogen-bond donors (Lipinski definition) is 0. The third-order valence-corrected chi connectivity index (χ3v) is 16.8. The monoisotopic (exact) mass is 929 g/mol. The molecule has 3 nitrogen and oxygen atoms in total. The lowest BCUT2D eigenvalue weighted by Gasteiger charge is -2.34. The van der Waals surface area contributed by atoms with E-state index in [1.807, 2.05) is 16.9 Å². The van der Waals surface area contributed by atoms with Gasteiger partial charge in [-0.3, -0.25) is 0 Å². The maximum Gasteiger partial charge on any atom is 0.170 e. The molecule has 3 atom stereocenters. The summed E-state index contributed by atoms with van der Waals surface area (Å²) in [5.41, 5.74) is 1.77. The summed E-state index contributed by atoms with van der Waals surface area (Å²) in [4.78, 5) is 4.92. The molecule has 3 aromatic heterocycles. The highest BCUT2D eigenvalue weighted by atomic mass is 79.9. The molecule has 328 valence electrons. The molecule has 9 heteroatoms. The molecule has 0 bridgehead atoms.